The topological polar surface area (TPSA) is 304 Å². The van der Waals surface area contributed by atoms with Crippen molar-refractivity contribution in [3.63, 3.8) is 0 Å². The summed E-state index contributed by atoms with van der Waals surface area (Å²) in [6.45, 7) is 0.237. The van der Waals surface area contributed by atoms with E-state index in [1.54, 1.807) is 0 Å². The van der Waals surface area contributed by atoms with Crippen molar-refractivity contribution in [2.75, 3.05) is 19.8 Å². The number of carbonyl (C=O) groups excluding carboxylic acids is 1. The summed E-state index contributed by atoms with van der Waals surface area (Å²) in [6.07, 6.45) is -20.0. The summed E-state index contributed by atoms with van der Waals surface area (Å²) in [5.41, 5.74) is 0.813. The molecular weight excluding hydrogens is 712 g/mol. The average Bonchev–Trinajstić information content (AvgIpc) is 3.13. The highest BCUT2D eigenvalue weighted by Gasteiger charge is 2.53. The molecule has 0 saturated carbocycles. The number of benzene rings is 2. The van der Waals surface area contributed by atoms with Gasteiger partial charge in [0.25, 0.3) is 0 Å². The fourth-order valence-corrected chi connectivity index (χ4v) is 5.86. The fraction of sp³-hybridized carbons (Fsp3) is 0.559. The number of aliphatic hydroxyl groups is 7. The quantitative estimate of drug-likeness (QED) is 0.0603. The minimum atomic E-state index is -1.86. The number of phenolic OH excluding ortho intramolecular Hbond substituents is 4. The van der Waals surface area contributed by atoms with Gasteiger partial charge in [-0.3, -0.25) is 0 Å². The number of aliphatic hydroxyl groups excluding tert-OH is 7. The van der Waals surface area contributed by atoms with E-state index in [0.717, 1.165) is 6.08 Å². The molecule has 53 heavy (non-hydrogen) atoms. The average molecular weight is 757 g/mol. The number of aromatic hydroxyl groups is 4. The van der Waals surface area contributed by atoms with Crippen LogP contribution in [0.25, 0.3) is 6.08 Å². The first kappa shape index (κ1) is 40.5. The van der Waals surface area contributed by atoms with Crippen LogP contribution in [0, 0.1) is 0 Å². The van der Waals surface area contributed by atoms with Crippen LogP contribution in [0.2, 0.25) is 0 Å². The van der Waals surface area contributed by atoms with Crippen LogP contribution in [0.4, 0.5) is 0 Å². The molecule has 19 heteroatoms. The molecule has 3 heterocycles. The number of hydrogen-bond acceptors (Lipinski definition) is 19. The molecule has 2 aromatic carbocycles. The highest BCUT2D eigenvalue weighted by atomic mass is 16.8. The van der Waals surface area contributed by atoms with Crippen LogP contribution in [0.15, 0.2) is 42.5 Å². The minimum Gasteiger partial charge on any atom is -0.504 e. The van der Waals surface area contributed by atoms with E-state index >= 15 is 0 Å². The Morgan fingerprint density at radius 1 is 0.736 bits per heavy atom. The number of esters is 1. The Balaban J connectivity index is 1.42. The van der Waals surface area contributed by atoms with Crippen molar-refractivity contribution in [1.82, 2.24) is 0 Å². The molecular formula is C34H44O19. The maximum atomic E-state index is 13.2. The van der Waals surface area contributed by atoms with E-state index in [4.69, 9.17) is 33.2 Å². The van der Waals surface area contributed by atoms with Crippen molar-refractivity contribution in [3.05, 3.63) is 53.6 Å². The van der Waals surface area contributed by atoms with E-state index in [2.05, 4.69) is 0 Å². The summed E-state index contributed by atoms with van der Waals surface area (Å²) >= 11 is 0. The molecule has 2 unspecified atom stereocenters. The molecule has 14 atom stereocenters. The maximum Gasteiger partial charge on any atom is 0.331 e. The van der Waals surface area contributed by atoms with E-state index in [9.17, 15) is 61.0 Å². The molecule has 2 aromatic rings. The van der Waals surface area contributed by atoms with Crippen molar-refractivity contribution in [2.45, 2.75) is 99.4 Å². The molecule has 0 amide bonds. The third-order valence-electron chi connectivity index (χ3n) is 8.97. The Morgan fingerprint density at radius 3 is 2.11 bits per heavy atom. The van der Waals surface area contributed by atoms with E-state index in [1.165, 1.54) is 49.4 Å². The summed E-state index contributed by atoms with van der Waals surface area (Å²) in [5, 5.41) is 112. The monoisotopic (exact) mass is 756 g/mol. The lowest BCUT2D eigenvalue weighted by Crippen LogP contribution is -2.65. The first-order valence-corrected chi connectivity index (χ1v) is 16.6. The zero-order chi connectivity index (χ0) is 38.6. The zero-order valence-corrected chi connectivity index (χ0v) is 28.2. The van der Waals surface area contributed by atoms with Gasteiger partial charge in [0.1, 0.15) is 54.9 Å². The van der Waals surface area contributed by atoms with Crippen molar-refractivity contribution in [3.8, 4) is 23.0 Å². The van der Waals surface area contributed by atoms with Crippen molar-refractivity contribution in [2.24, 2.45) is 0 Å². The molecule has 0 radical (unpaired) electrons. The summed E-state index contributed by atoms with van der Waals surface area (Å²) in [4.78, 5) is 13.2. The van der Waals surface area contributed by atoms with Crippen LogP contribution < -0.4 is 0 Å². The second-order valence-electron chi connectivity index (χ2n) is 12.8. The Hall–Kier alpha value is -3.67. The summed E-state index contributed by atoms with van der Waals surface area (Å²) in [5.74, 6) is -2.62. The molecule has 0 bridgehead atoms. The number of ether oxygens (including phenoxy) is 7. The van der Waals surface area contributed by atoms with Crippen LogP contribution in [-0.4, -0.2) is 168 Å². The Bertz CT molecular complexity index is 1560. The van der Waals surface area contributed by atoms with Gasteiger partial charge in [0, 0.05) is 6.08 Å². The predicted octanol–water partition coefficient (Wildman–Crippen LogP) is -2.55. The lowest BCUT2D eigenvalue weighted by molar-refractivity contribution is -0.362. The zero-order valence-electron chi connectivity index (χ0n) is 28.2. The predicted molar refractivity (Wildman–Crippen MR) is 174 cm³/mol. The van der Waals surface area contributed by atoms with Gasteiger partial charge in [-0.15, -0.1) is 0 Å². The maximum absolute atomic E-state index is 13.2. The highest BCUT2D eigenvalue weighted by Crippen LogP contribution is 2.33. The molecule has 3 saturated heterocycles. The van der Waals surface area contributed by atoms with Crippen LogP contribution in [0.1, 0.15) is 18.1 Å². The van der Waals surface area contributed by atoms with Gasteiger partial charge in [-0.1, -0.05) is 12.1 Å². The molecule has 5 rings (SSSR count). The van der Waals surface area contributed by atoms with Gasteiger partial charge in [-0.2, -0.15) is 0 Å². The SMILES string of the molecule is C[C@@H]1OC(O[C@H]2C(OC(=O)/C=C/c3ccc(O)c(O)c3)[C@H](CO[C@@H]3OC[C@@H](O)[C@H](O)[C@H]3O)O[C@@H](OCCc3ccc(O)c(O)c3)[C@@H]2O)[C@H](O)[C@H](O)[C@H]1O. The number of hydrogen-bond donors (Lipinski definition) is 11. The van der Waals surface area contributed by atoms with Gasteiger partial charge in [-0.25, -0.2) is 4.79 Å². The Morgan fingerprint density at radius 2 is 1.42 bits per heavy atom. The van der Waals surface area contributed by atoms with Gasteiger partial charge < -0.3 is 89.3 Å². The van der Waals surface area contributed by atoms with Crippen LogP contribution in [0.3, 0.4) is 0 Å². The van der Waals surface area contributed by atoms with Gasteiger partial charge >= 0.3 is 5.97 Å². The third-order valence-corrected chi connectivity index (χ3v) is 8.97. The molecule has 3 fully saturated rings. The lowest BCUT2D eigenvalue weighted by atomic mass is 9.96. The Labute approximate surface area is 302 Å². The number of carbonyl (C=O) groups is 1. The molecule has 11 N–H and O–H groups in total. The van der Waals surface area contributed by atoms with E-state index in [0.29, 0.717) is 5.56 Å². The Kier molecular flexibility index (Phi) is 13.5. The van der Waals surface area contributed by atoms with E-state index < -0.39 is 117 Å². The summed E-state index contributed by atoms with van der Waals surface area (Å²) < 4.78 is 40.1. The fourth-order valence-electron chi connectivity index (χ4n) is 5.86. The summed E-state index contributed by atoms with van der Waals surface area (Å²) in [7, 11) is 0. The molecule has 3 aliphatic heterocycles. The van der Waals surface area contributed by atoms with Gasteiger partial charge in [0.15, 0.2) is 48.0 Å². The van der Waals surface area contributed by atoms with Gasteiger partial charge in [-0.05, 0) is 54.8 Å². The molecule has 0 aliphatic carbocycles. The largest absolute Gasteiger partial charge is 0.504 e. The van der Waals surface area contributed by atoms with E-state index in [-0.39, 0.29) is 30.1 Å². The second kappa shape index (κ2) is 17.6. The molecule has 0 aromatic heterocycles. The standard InChI is InChI=1S/C34H44O19/c1-14-24(41)26(43)28(45)34(50-14)53-31-29(46)33(47-9-8-16-3-6-18(36)20(38)11-16)51-22(13-49-32-27(44)25(42)21(39)12-48-32)30(31)52-23(40)7-4-15-2-5-17(35)19(37)10-15/h2-7,10-11,14,21-22,24-39,41-46H,8-9,12-13H2,1H3/b7-4+/t14-,21+,22-,24-,25-,26+,27+,28+,29+,30?,31+,32-,33+,34?/m0/s1. The number of rotatable bonds is 12. The molecule has 3 aliphatic rings. The van der Waals surface area contributed by atoms with Crippen LogP contribution in [0.5, 0.6) is 23.0 Å². The van der Waals surface area contributed by atoms with Crippen LogP contribution >= 0.6 is 0 Å². The first-order chi connectivity index (χ1) is 25.1. The minimum absolute atomic E-state index is 0.136. The first-order valence-electron chi connectivity index (χ1n) is 16.6. The molecule has 0 spiro atoms. The number of phenols is 4. The van der Waals surface area contributed by atoms with E-state index in [1.807, 2.05) is 0 Å². The molecule has 294 valence electrons. The lowest BCUT2D eigenvalue weighted by Gasteiger charge is -2.47. The van der Waals surface area contributed by atoms with Gasteiger partial charge in [0.2, 0.25) is 0 Å². The molecule has 19 nitrogen and oxygen atoms in total. The highest BCUT2D eigenvalue weighted by molar-refractivity contribution is 5.87. The third kappa shape index (κ3) is 9.72. The summed E-state index contributed by atoms with van der Waals surface area (Å²) in [6, 6.07) is 7.83. The van der Waals surface area contributed by atoms with Crippen LogP contribution in [-0.2, 0) is 44.4 Å². The normalized spacial score (nSPS) is 36.4. The van der Waals surface area contributed by atoms with Gasteiger partial charge in [0.05, 0.1) is 25.9 Å². The van der Waals surface area contributed by atoms with Crippen molar-refractivity contribution in [1.29, 1.82) is 0 Å². The van der Waals surface area contributed by atoms with Crippen molar-refractivity contribution >= 4 is 12.0 Å². The second-order valence-corrected chi connectivity index (χ2v) is 12.8. The van der Waals surface area contributed by atoms with Crippen molar-refractivity contribution < 1.29 is 94.1 Å². The smallest absolute Gasteiger partial charge is 0.331 e.